The van der Waals surface area contributed by atoms with Crippen LogP contribution in [0.1, 0.15) is 16.8 Å². The summed E-state index contributed by atoms with van der Waals surface area (Å²) in [6.45, 7) is 0. The Morgan fingerprint density at radius 1 is 1.12 bits per heavy atom. The van der Waals surface area contributed by atoms with E-state index in [-0.39, 0.29) is 17.7 Å². The van der Waals surface area contributed by atoms with Gasteiger partial charge in [-0.2, -0.15) is 0 Å². The third-order valence-corrected chi connectivity index (χ3v) is 4.90. The summed E-state index contributed by atoms with van der Waals surface area (Å²) in [6, 6.07) is 12.9. The molecule has 132 valence electrons. The van der Waals surface area contributed by atoms with Crippen LogP contribution in [-0.2, 0) is 20.3 Å². The number of methoxy groups -OCH3 is 1. The predicted molar refractivity (Wildman–Crippen MR) is 92.0 cm³/mol. The Hall–Kier alpha value is -2.54. The van der Waals surface area contributed by atoms with Gasteiger partial charge in [-0.25, -0.2) is 9.18 Å². The molecule has 0 unspecified atom stereocenters. The Morgan fingerprint density at radius 2 is 1.76 bits per heavy atom. The molecule has 2 aromatic carbocycles. The standard InChI is InChI=1S/C18H18FNO4S/c1-24-18(22)16(11-12-25(23)15-5-3-2-4-6-15)20-17(21)13-7-9-14(19)10-8-13/h2-10,16H,11-12H2,1H3,(H,20,21)/t16-,25+/m0/s1. The number of rotatable bonds is 7. The highest BCUT2D eigenvalue weighted by atomic mass is 32.2. The number of esters is 1. The van der Waals surface area contributed by atoms with E-state index in [2.05, 4.69) is 5.32 Å². The smallest absolute Gasteiger partial charge is 0.328 e. The van der Waals surface area contributed by atoms with Gasteiger partial charge in [-0.3, -0.25) is 9.00 Å². The number of carbonyl (C=O) groups excluding carboxylic acids is 2. The van der Waals surface area contributed by atoms with Gasteiger partial charge in [0.15, 0.2) is 0 Å². The van der Waals surface area contributed by atoms with Crippen LogP contribution in [0.4, 0.5) is 4.39 Å². The number of ether oxygens (including phenoxy) is 1. The topological polar surface area (TPSA) is 72.5 Å². The summed E-state index contributed by atoms with van der Waals surface area (Å²) in [4.78, 5) is 24.7. The number of benzene rings is 2. The van der Waals surface area contributed by atoms with Crippen LogP contribution in [-0.4, -0.2) is 35.0 Å². The molecule has 0 fully saturated rings. The fourth-order valence-electron chi connectivity index (χ4n) is 2.15. The van der Waals surface area contributed by atoms with Crippen LogP contribution in [0.2, 0.25) is 0 Å². The maximum absolute atomic E-state index is 12.9. The predicted octanol–water partition coefficient (Wildman–Crippen LogP) is 2.30. The van der Waals surface area contributed by atoms with Gasteiger partial charge in [0.05, 0.1) is 17.9 Å². The molecule has 0 aromatic heterocycles. The summed E-state index contributed by atoms with van der Waals surface area (Å²) in [6.07, 6.45) is 0.154. The summed E-state index contributed by atoms with van der Waals surface area (Å²) in [5.41, 5.74) is 0.222. The highest BCUT2D eigenvalue weighted by Gasteiger charge is 2.23. The molecule has 0 heterocycles. The second kappa shape index (κ2) is 9.08. The van der Waals surface area contributed by atoms with E-state index in [1.807, 2.05) is 6.07 Å². The zero-order valence-electron chi connectivity index (χ0n) is 13.6. The van der Waals surface area contributed by atoms with Crippen molar-refractivity contribution in [3.8, 4) is 0 Å². The molecule has 1 N–H and O–H groups in total. The van der Waals surface area contributed by atoms with E-state index in [1.54, 1.807) is 24.3 Å². The van der Waals surface area contributed by atoms with E-state index in [1.165, 1.54) is 19.2 Å². The molecule has 2 atom stereocenters. The van der Waals surface area contributed by atoms with Gasteiger partial charge in [-0.05, 0) is 42.8 Å². The van der Waals surface area contributed by atoms with Crippen LogP contribution >= 0.6 is 0 Å². The van der Waals surface area contributed by atoms with Crippen molar-refractivity contribution >= 4 is 22.7 Å². The minimum atomic E-state index is -1.29. The van der Waals surface area contributed by atoms with Gasteiger partial charge in [0.1, 0.15) is 11.9 Å². The lowest BCUT2D eigenvalue weighted by molar-refractivity contribution is -0.142. The Morgan fingerprint density at radius 3 is 2.36 bits per heavy atom. The third kappa shape index (κ3) is 5.49. The molecule has 2 aromatic rings. The lowest BCUT2D eigenvalue weighted by Crippen LogP contribution is -2.42. The fourth-order valence-corrected chi connectivity index (χ4v) is 3.30. The van der Waals surface area contributed by atoms with Crippen LogP contribution in [0.15, 0.2) is 59.5 Å². The Balaban J connectivity index is 2.01. The summed E-state index contributed by atoms with van der Waals surface area (Å²) in [7, 11) is -0.0778. The van der Waals surface area contributed by atoms with E-state index in [0.717, 1.165) is 12.1 Å². The van der Waals surface area contributed by atoms with Crippen molar-refractivity contribution in [2.75, 3.05) is 12.9 Å². The zero-order chi connectivity index (χ0) is 18.2. The average Bonchev–Trinajstić information content (AvgIpc) is 2.65. The first kappa shape index (κ1) is 18.8. The molecule has 0 spiro atoms. The molecule has 2 rings (SSSR count). The van der Waals surface area contributed by atoms with Gasteiger partial charge in [-0.15, -0.1) is 0 Å². The molecule has 0 radical (unpaired) electrons. The number of halogens is 1. The third-order valence-electron chi connectivity index (χ3n) is 3.50. The van der Waals surface area contributed by atoms with Crippen LogP contribution in [0.3, 0.4) is 0 Å². The molecule has 0 bridgehead atoms. The van der Waals surface area contributed by atoms with E-state index >= 15 is 0 Å². The van der Waals surface area contributed by atoms with Crippen molar-refractivity contribution in [2.24, 2.45) is 0 Å². The second-order valence-corrected chi connectivity index (χ2v) is 6.78. The maximum atomic E-state index is 12.9. The molecule has 0 saturated carbocycles. The molecule has 7 heteroatoms. The summed E-state index contributed by atoms with van der Waals surface area (Å²) < 4.78 is 29.9. The molecule has 0 aliphatic carbocycles. The molecular weight excluding hydrogens is 345 g/mol. The summed E-state index contributed by atoms with van der Waals surface area (Å²) >= 11 is 0. The van der Waals surface area contributed by atoms with Crippen LogP contribution in [0.5, 0.6) is 0 Å². The molecule has 0 aliphatic rings. The van der Waals surface area contributed by atoms with Crippen LogP contribution in [0.25, 0.3) is 0 Å². The first-order valence-electron chi connectivity index (χ1n) is 7.59. The van der Waals surface area contributed by atoms with Gasteiger partial charge in [0, 0.05) is 16.2 Å². The number of amides is 1. The maximum Gasteiger partial charge on any atom is 0.328 e. The Bertz CT molecular complexity index is 749. The minimum absolute atomic E-state index is 0.154. The van der Waals surface area contributed by atoms with Crippen molar-refractivity contribution in [1.29, 1.82) is 0 Å². The van der Waals surface area contributed by atoms with E-state index in [4.69, 9.17) is 4.74 Å². The van der Waals surface area contributed by atoms with Gasteiger partial charge >= 0.3 is 5.97 Å². The number of nitrogens with one attached hydrogen (secondary N) is 1. The van der Waals surface area contributed by atoms with Gasteiger partial charge < -0.3 is 10.1 Å². The fraction of sp³-hybridized carbons (Fsp3) is 0.222. The molecule has 5 nitrogen and oxygen atoms in total. The molecule has 1 amide bonds. The van der Waals surface area contributed by atoms with E-state index < -0.39 is 34.5 Å². The lowest BCUT2D eigenvalue weighted by atomic mass is 10.1. The second-order valence-electron chi connectivity index (χ2n) is 5.21. The van der Waals surface area contributed by atoms with Crippen molar-refractivity contribution < 1.29 is 22.9 Å². The summed E-state index contributed by atoms with van der Waals surface area (Å²) in [5, 5.41) is 2.54. The lowest BCUT2D eigenvalue weighted by Gasteiger charge is -2.16. The number of carbonyl (C=O) groups is 2. The van der Waals surface area contributed by atoms with Crippen LogP contribution < -0.4 is 5.32 Å². The highest BCUT2D eigenvalue weighted by Crippen LogP contribution is 2.09. The Kier molecular flexibility index (Phi) is 6.82. The molecule has 25 heavy (non-hydrogen) atoms. The first-order valence-corrected chi connectivity index (χ1v) is 8.91. The van der Waals surface area contributed by atoms with Gasteiger partial charge in [0.25, 0.3) is 5.91 Å². The van der Waals surface area contributed by atoms with Crippen molar-refractivity contribution in [2.45, 2.75) is 17.4 Å². The van der Waals surface area contributed by atoms with Gasteiger partial charge in [0.2, 0.25) is 0 Å². The highest BCUT2D eigenvalue weighted by molar-refractivity contribution is 7.85. The molecule has 0 saturated heterocycles. The average molecular weight is 363 g/mol. The van der Waals surface area contributed by atoms with E-state index in [9.17, 15) is 18.2 Å². The van der Waals surface area contributed by atoms with Crippen molar-refractivity contribution in [1.82, 2.24) is 5.32 Å². The quantitative estimate of drug-likeness (QED) is 0.766. The minimum Gasteiger partial charge on any atom is -0.467 e. The van der Waals surface area contributed by atoms with E-state index in [0.29, 0.717) is 4.90 Å². The van der Waals surface area contributed by atoms with Crippen LogP contribution in [0, 0.1) is 5.82 Å². The largest absolute Gasteiger partial charge is 0.467 e. The Labute approximate surface area is 147 Å². The monoisotopic (exact) mass is 363 g/mol. The molecule has 0 aliphatic heterocycles. The zero-order valence-corrected chi connectivity index (χ0v) is 14.4. The summed E-state index contributed by atoms with van der Waals surface area (Å²) in [5.74, 6) is -1.42. The van der Waals surface area contributed by atoms with Gasteiger partial charge in [-0.1, -0.05) is 18.2 Å². The number of hydrogen-bond donors (Lipinski definition) is 1. The first-order chi connectivity index (χ1) is 12.0. The SMILES string of the molecule is COC(=O)[C@H](CC[S@@](=O)c1ccccc1)NC(=O)c1ccc(F)cc1. The van der Waals surface area contributed by atoms with Crippen molar-refractivity contribution in [3.63, 3.8) is 0 Å². The molecular formula is C18H18FNO4S. The number of hydrogen-bond acceptors (Lipinski definition) is 4. The normalized spacial score (nSPS) is 12.9. The van der Waals surface area contributed by atoms with Crippen molar-refractivity contribution in [3.05, 3.63) is 66.0 Å².